The van der Waals surface area contributed by atoms with E-state index in [2.05, 4.69) is 173 Å². The molecule has 220 valence electrons. The minimum atomic E-state index is 1.03. The zero-order valence-electron chi connectivity index (χ0n) is 26.9. The molecule has 0 aromatic heterocycles. The first-order chi connectivity index (χ1) is 21.3. The average molecular weight is 575 g/mol. The lowest BCUT2D eigenvalue weighted by Gasteiger charge is -2.30. The standard InChI is InChI=1S/C42H42N2/c1-29-11-7-15-35(23-29)43(36-16-8-12-30(2)24-36)39-19-21-41(33(5)27-39)42-22-20-40(28-34(42)6)44(37-17-9-13-31(3)25-37)38-18-10-14-32(4)26-38/h7-9,11-17,19-28H,10,18H2,1-6H3. The number of anilines is 5. The molecular formula is C42H42N2. The SMILES string of the molecule is CC1=CCCC(N(c2cccc(C)c2)c2ccc(-c3ccc(N(c4cccc(C)c4)c4cccc(C)c4)cc3C)c(C)c2)=C1. The third-order valence-corrected chi connectivity index (χ3v) is 8.55. The smallest absolute Gasteiger partial charge is 0.0464 e. The van der Waals surface area contributed by atoms with E-state index in [0.717, 1.165) is 18.5 Å². The molecule has 0 atom stereocenters. The van der Waals surface area contributed by atoms with Crippen LogP contribution in [0.15, 0.2) is 133 Å². The quantitative estimate of drug-likeness (QED) is 0.191. The summed E-state index contributed by atoms with van der Waals surface area (Å²) in [5.41, 5.74) is 17.4. The molecule has 0 radical (unpaired) electrons. The van der Waals surface area contributed by atoms with Gasteiger partial charge in [0, 0.05) is 34.1 Å². The molecule has 0 N–H and O–H groups in total. The number of nitrogens with zero attached hydrogens (tertiary/aromatic N) is 2. The molecule has 2 nitrogen and oxygen atoms in total. The van der Waals surface area contributed by atoms with Crippen LogP contribution in [0.4, 0.5) is 28.4 Å². The number of hydrogen-bond donors (Lipinski definition) is 0. The monoisotopic (exact) mass is 574 g/mol. The van der Waals surface area contributed by atoms with Crippen LogP contribution >= 0.6 is 0 Å². The predicted octanol–water partition coefficient (Wildman–Crippen LogP) is 12.1. The van der Waals surface area contributed by atoms with E-state index >= 15 is 0 Å². The van der Waals surface area contributed by atoms with Crippen LogP contribution in [-0.2, 0) is 0 Å². The van der Waals surface area contributed by atoms with Crippen molar-refractivity contribution in [2.75, 3.05) is 9.80 Å². The van der Waals surface area contributed by atoms with Crippen molar-refractivity contribution in [3.63, 3.8) is 0 Å². The summed E-state index contributed by atoms with van der Waals surface area (Å²) in [6, 6.07) is 40.2. The Morgan fingerprint density at radius 3 is 1.32 bits per heavy atom. The molecule has 0 spiro atoms. The topological polar surface area (TPSA) is 6.48 Å². The highest BCUT2D eigenvalue weighted by Gasteiger charge is 2.19. The maximum atomic E-state index is 2.44. The Bertz CT molecular complexity index is 1840. The predicted molar refractivity (Wildman–Crippen MR) is 190 cm³/mol. The van der Waals surface area contributed by atoms with Gasteiger partial charge in [-0.1, -0.05) is 60.2 Å². The Hall–Kier alpha value is -4.82. The molecule has 1 aliphatic rings. The lowest BCUT2D eigenvalue weighted by atomic mass is 9.94. The third-order valence-electron chi connectivity index (χ3n) is 8.55. The molecule has 6 rings (SSSR count). The Labute approximate surface area is 263 Å². The normalized spacial score (nSPS) is 12.9. The Kier molecular flexibility index (Phi) is 8.26. The summed E-state index contributed by atoms with van der Waals surface area (Å²) in [6.45, 7) is 13.2. The Morgan fingerprint density at radius 2 is 0.886 bits per heavy atom. The lowest BCUT2D eigenvalue weighted by Crippen LogP contribution is -2.18. The van der Waals surface area contributed by atoms with Crippen molar-refractivity contribution in [1.82, 2.24) is 0 Å². The maximum Gasteiger partial charge on any atom is 0.0464 e. The van der Waals surface area contributed by atoms with Crippen LogP contribution in [0.25, 0.3) is 11.1 Å². The van der Waals surface area contributed by atoms with Crippen LogP contribution in [0, 0.1) is 34.6 Å². The molecular weight excluding hydrogens is 532 g/mol. The minimum absolute atomic E-state index is 1.03. The Morgan fingerprint density at radius 1 is 0.455 bits per heavy atom. The van der Waals surface area contributed by atoms with E-state index in [-0.39, 0.29) is 0 Å². The summed E-state index contributed by atoms with van der Waals surface area (Å²) in [5, 5.41) is 0. The molecule has 0 saturated carbocycles. The summed E-state index contributed by atoms with van der Waals surface area (Å²) in [6.07, 6.45) is 6.78. The van der Waals surface area contributed by atoms with Crippen LogP contribution < -0.4 is 9.80 Å². The molecule has 0 bridgehead atoms. The van der Waals surface area contributed by atoms with Gasteiger partial charge in [-0.15, -0.1) is 0 Å². The van der Waals surface area contributed by atoms with E-state index in [4.69, 9.17) is 0 Å². The molecule has 44 heavy (non-hydrogen) atoms. The van der Waals surface area contributed by atoms with Gasteiger partial charge in [-0.2, -0.15) is 0 Å². The second-order valence-electron chi connectivity index (χ2n) is 12.3. The molecule has 1 aliphatic carbocycles. The average Bonchev–Trinajstić information content (AvgIpc) is 2.98. The van der Waals surface area contributed by atoms with Gasteiger partial charge in [0.2, 0.25) is 0 Å². The van der Waals surface area contributed by atoms with Crippen LogP contribution in [0.2, 0.25) is 0 Å². The molecule has 0 amide bonds. The molecule has 0 saturated heterocycles. The summed E-state index contributed by atoms with van der Waals surface area (Å²) in [4.78, 5) is 4.80. The van der Waals surface area contributed by atoms with Crippen molar-refractivity contribution < 1.29 is 0 Å². The second kappa shape index (κ2) is 12.4. The van der Waals surface area contributed by atoms with Gasteiger partial charge in [0.05, 0.1) is 0 Å². The molecule has 0 fully saturated rings. The highest BCUT2D eigenvalue weighted by Crippen LogP contribution is 2.40. The van der Waals surface area contributed by atoms with E-state index in [9.17, 15) is 0 Å². The molecule has 0 aliphatic heterocycles. The molecule has 0 unspecified atom stereocenters. The van der Waals surface area contributed by atoms with Gasteiger partial charge in [0.1, 0.15) is 0 Å². The lowest BCUT2D eigenvalue weighted by molar-refractivity contribution is 0.904. The fourth-order valence-electron chi connectivity index (χ4n) is 6.43. The van der Waals surface area contributed by atoms with Crippen LogP contribution in [0.1, 0.15) is 47.6 Å². The van der Waals surface area contributed by atoms with Crippen molar-refractivity contribution in [2.24, 2.45) is 0 Å². The van der Waals surface area contributed by atoms with Crippen LogP contribution in [-0.4, -0.2) is 0 Å². The first-order valence-electron chi connectivity index (χ1n) is 15.7. The van der Waals surface area contributed by atoms with E-state index < -0.39 is 0 Å². The zero-order chi connectivity index (χ0) is 30.8. The van der Waals surface area contributed by atoms with Gasteiger partial charge in [-0.05, 0) is 160 Å². The van der Waals surface area contributed by atoms with E-state index in [1.54, 1.807) is 0 Å². The molecule has 5 aromatic rings. The highest BCUT2D eigenvalue weighted by molar-refractivity contribution is 5.82. The number of hydrogen-bond acceptors (Lipinski definition) is 2. The number of aryl methyl sites for hydroxylation is 5. The van der Waals surface area contributed by atoms with E-state index in [0.29, 0.717) is 0 Å². The molecule has 0 heterocycles. The maximum absolute atomic E-state index is 2.44. The Balaban J connectivity index is 1.39. The largest absolute Gasteiger partial charge is 0.314 e. The van der Waals surface area contributed by atoms with Crippen molar-refractivity contribution in [1.29, 1.82) is 0 Å². The fraction of sp³-hybridized carbons (Fsp3) is 0.190. The number of rotatable bonds is 7. The third kappa shape index (κ3) is 6.12. The summed E-state index contributed by atoms with van der Waals surface area (Å²) >= 11 is 0. The van der Waals surface area contributed by atoms with Gasteiger partial charge < -0.3 is 9.80 Å². The minimum Gasteiger partial charge on any atom is -0.314 e. The molecule has 5 aromatic carbocycles. The van der Waals surface area contributed by atoms with Gasteiger partial charge in [0.15, 0.2) is 0 Å². The number of allylic oxidation sites excluding steroid dienone is 4. The van der Waals surface area contributed by atoms with Gasteiger partial charge in [-0.3, -0.25) is 0 Å². The van der Waals surface area contributed by atoms with Gasteiger partial charge >= 0.3 is 0 Å². The highest BCUT2D eigenvalue weighted by atomic mass is 15.2. The van der Waals surface area contributed by atoms with Crippen molar-refractivity contribution in [3.05, 3.63) is 160 Å². The summed E-state index contributed by atoms with van der Waals surface area (Å²) in [5.74, 6) is 0. The first-order valence-corrected chi connectivity index (χ1v) is 15.7. The zero-order valence-corrected chi connectivity index (χ0v) is 26.9. The van der Waals surface area contributed by atoms with Crippen molar-refractivity contribution in [3.8, 4) is 11.1 Å². The van der Waals surface area contributed by atoms with Crippen molar-refractivity contribution >= 4 is 28.4 Å². The van der Waals surface area contributed by atoms with Crippen LogP contribution in [0.5, 0.6) is 0 Å². The summed E-state index contributed by atoms with van der Waals surface area (Å²) in [7, 11) is 0. The second-order valence-corrected chi connectivity index (χ2v) is 12.3. The van der Waals surface area contributed by atoms with Crippen molar-refractivity contribution in [2.45, 2.75) is 54.4 Å². The number of benzene rings is 5. The van der Waals surface area contributed by atoms with Gasteiger partial charge in [0.25, 0.3) is 0 Å². The summed E-state index contributed by atoms with van der Waals surface area (Å²) < 4.78 is 0. The van der Waals surface area contributed by atoms with Gasteiger partial charge in [-0.25, -0.2) is 0 Å². The first kappa shape index (κ1) is 29.3. The van der Waals surface area contributed by atoms with Crippen LogP contribution in [0.3, 0.4) is 0 Å². The fourth-order valence-corrected chi connectivity index (χ4v) is 6.43. The van der Waals surface area contributed by atoms with E-state index in [1.165, 1.54) is 73.0 Å². The molecule has 2 heteroatoms. The van der Waals surface area contributed by atoms with E-state index in [1.807, 2.05) is 0 Å².